The lowest BCUT2D eigenvalue weighted by Gasteiger charge is -2.26. The van der Waals surface area contributed by atoms with E-state index in [4.69, 9.17) is 18.9 Å². The van der Waals surface area contributed by atoms with Crippen LogP contribution in [0.5, 0.6) is 0 Å². The highest BCUT2D eigenvalue weighted by molar-refractivity contribution is 5.70. The van der Waals surface area contributed by atoms with Crippen molar-refractivity contribution in [3.63, 3.8) is 0 Å². The topological polar surface area (TPSA) is 111 Å². The van der Waals surface area contributed by atoms with Gasteiger partial charge in [0, 0.05) is 12.8 Å². The summed E-state index contributed by atoms with van der Waals surface area (Å²) in [7, 11) is 5.93. The highest BCUT2D eigenvalue weighted by Gasteiger charge is 2.22. The Balaban J connectivity index is 3.93. The SMILES string of the molecule is CC/C=C\C/C=C\C/C=C\C/C=C\C/C=C\C/C=C\CCCCCCCCCCCCCCCCCCCCCCCCC(=O)OC(COC(=O)CCCCCCCCCCCCCCC)COC(OCC[N+](C)(C)C)C(=O)[O-]. The number of aliphatic carboxylic acids is 1. The molecule has 0 aromatic carbocycles. The molecule has 79 heavy (non-hydrogen) atoms. The van der Waals surface area contributed by atoms with E-state index in [-0.39, 0.29) is 32.2 Å². The number of hydrogen-bond acceptors (Lipinski definition) is 8. The van der Waals surface area contributed by atoms with Crippen LogP contribution in [0.4, 0.5) is 0 Å². The summed E-state index contributed by atoms with van der Waals surface area (Å²) in [6.45, 7) is 4.66. The molecule has 0 radical (unpaired) electrons. The van der Waals surface area contributed by atoms with E-state index in [2.05, 4.69) is 86.8 Å². The van der Waals surface area contributed by atoms with E-state index in [1.807, 2.05) is 21.1 Å². The molecule has 0 saturated carbocycles. The second kappa shape index (κ2) is 60.8. The van der Waals surface area contributed by atoms with Crippen LogP contribution in [-0.2, 0) is 33.3 Å². The molecule has 0 amide bonds. The average molecular weight is 1110 g/mol. The monoisotopic (exact) mass is 1110 g/mol. The fraction of sp³-hybridized carbons (Fsp3) is 0.786. The van der Waals surface area contributed by atoms with Crippen molar-refractivity contribution in [1.82, 2.24) is 0 Å². The van der Waals surface area contributed by atoms with Gasteiger partial charge < -0.3 is 33.3 Å². The third-order valence-corrected chi connectivity index (χ3v) is 14.5. The number of allylic oxidation sites excluding steroid dienone is 12. The van der Waals surface area contributed by atoms with E-state index in [9.17, 15) is 19.5 Å². The fourth-order valence-corrected chi connectivity index (χ4v) is 9.43. The molecule has 0 saturated heterocycles. The number of hydrogen-bond donors (Lipinski definition) is 0. The standard InChI is InChI=1S/C70H125NO8/c1-6-8-10-12-14-16-18-20-21-22-23-24-25-26-27-28-29-30-31-32-33-34-35-36-37-38-39-40-41-42-43-44-45-46-47-49-51-53-55-57-59-61-68(73)79-66(65-78-70(69(74)75)76-63-62-71(3,4)5)64-77-67(72)60-58-56-54-52-50-48-19-17-15-13-11-9-7-2/h8,10,14,16,20-21,23-24,26-27,29-30,66,70H,6-7,9,11-13,15,17-19,22,25,28,31-65H2,1-5H3/b10-8-,16-14-,21-20-,24-23-,27-26-,30-29-. The largest absolute Gasteiger partial charge is 0.545 e. The van der Waals surface area contributed by atoms with Gasteiger partial charge in [-0.3, -0.25) is 9.59 Å². The molecule has 9 heteroatoms. The zero-order valence-electron chi connectivity index (χ0n) is 52.2. The number of nitrogens with zero attached hydrogens (tertiary/aromatic N) is 1. The molecule has 0 N–H and O–H groups in total. The third-order valence-electron chi connectivity index (χ3n) is 14.5. The first-order valence-electron chi connectivity index (χ1n) is 33.1. The van der Waals surface area contributed by atoms with Crippen LogP contribution >= 0.6 is 0 Å². The van der Waals surface area contributed by atoms with Crippen LogP contribution < -0.4 is 5.11 Å². The molecule has 0 rings (SSSR count). The van der Waals surface area contributed by atoms with E-state index in [0.717, 1.165) is 70.6 Å². The van der Waals surface area contributed by atoms with E-state index in [1.54, 1.807) is 0 Å². The summed E-state index contributed by atoms with van der Waals surface area (Å²) in [4.78, 5) is 37.3. The number of quaternary nitrogens is 1. The summed E-state index contributed by atoms with van der Waals surface area (Å²) >= 11 is 0. The van der Waals surface area contributed by atoms with Crippen molar-refractivity contribution in [3.8, 4) is 0 Å². The molecule has 0 aliphatic heterocycles. The van der Waals surface area contributed by atoms with Gasteiger partial charge in [0.2, 0.25) is 0 Å². The van der Waals surface area contributed by atoms with Gasteiger partial charge >= 0.3 is 11.9 Å². The van der Waals surface area contributed by atoms with Gasteiger partial charge in [-0.25, -0.2) is 0 Å². The third kappa shape index (κ3) is 62.2. The fourth-order valence-electron chi connectivity index (χ4n) is 9.43. The number of unbranched alkanes of at least 4 members (excludes halogenated alkanes) is 34. The van der Waals surface area contributed by atoms with Crippen molar-refractivity contribution in [2.24, 2.45) is 0 Å². The number of carboxylic acids is 1. The molecule has 2 atom stereocenters. The molecule has 0 aromatic heterocycles. The normalized spacial score (nSPS) is 13.2. The lowest BCUT2D eigenvalue weighted by Crippen LogP contribution is -2.44. The smallest absolute Gasteiger partial charge is 0.306 e. The summed E-state index contributed by atoms with van der Waals surface area (Å²) in [5.74, 6) is -2.26. The van der Waals surface area contributed by atoms with Gasteiger partial charge in [-0.1, -0.05) is 292 Å². The molecule has 9 nitrogen and oxygen atoms in total. The minimum Gasteiger partial charge on any atom is -0.545 e. The minimum atomic E-state index is -1.62. The van der Waals surface area contributed by atoms with E-state index >= 15 is 0 Å². The van der Waals surface area contributed by atoms with E-state index < -0.39 is 24.3 Å². The average Bonchev–Trinajstić information content (AvgIpc) is 3.42. The molecule has 0 aromatic rings. The number of ether oxygens (including phenoxy) is 4. The second-order valence-electron chi connectivity index (χ2n) is 23.4. The highest BCUT2D eigenvalue weighted by Crippen LogP contribution is 2.18. The predicted molar refractivity (Wildman–Crippen MR) is 334 cm³/mol. The molecule has 0 aliphatic rings. The number of rotatable bonds is 61. The zero-order valence-corrected chi connectivity index (χ0v) is 52.2. The van der Waals surface area contributed by atoms with Gasteiger partial charge in [0.15, 0.2) is 12.4 Å². The summed E-state index contributed by atoms with van der Waals surface area (Å²) in [6.07, 6.45) is 77.1. The number of carboxylic acid groups (broad SMARTS) is 1. The summed E-state index contributed by atoms with van der Waals surface area (Å²) < 4.78 is 22.7. The first-order chi connectivity index (χ1) is 38.6. The Bertz CT molecular complexity index is 1520. The first kappa shape index (κ1) is 75.7. The van der Waals surface area contributed by atoms with E-state index in [1.165, 1.54) is 193 Å². The van der Waals surface area contributed by atoms with Crippen LogP contribution in [0.2, 0.25) is 0 Å². The van der Waals surface area contributed by atoms with Gasteiger partial charge in [-0.2, -0.15) is 0 Å². The summed E-state index contributed by atoms with van der Waals surface area (Å²) in [6, 6.07) is 0. The maximum Gasteiger partial charge on any atom is 0.306 e. The van der Waals surface area contributed by atoms with Crippen molar-refractivity contribution in [2.75, 3.05) is 47.5 Å². The van der Waals surface area contributed by atoms with Crippen LogP contribution in [0.15, 0.2) is 72.9 Å². The maximum atomic E-state index is 12.9. The summed E-state index contributed by atoms with van der Waals surface area (Å²) in [5.41, 5.74) is 0. The highest BCUT2D eigenvalue weighted by atomic mass is 16.7. The number of carbonyl (C=O) groups is 3. The lowest BCUT2D eigenvalue weighted by atomic mass is 10.0. The molecule has 0 aliphatic carbocycles. The van der Waals surface area contributed by atoms with Crippen LogP contribution in [0.3, 0.4) is 0 Å². The Morgan fingerprint density at radius 1 is 0.392 bits per heavy atom. The van der Waals surface area contributed by atoms with Crippen LogP contribution in [0.25, 0.3) is 0 Å². The Kier molecular flexibility index (Phi) is 58.3. The van der Waals surface area contributed by atoms with Crippen LogP contribution in [-0.4, -0.2) is 82.3 Å². The molecule has 458 valence electrons. The number of likely N-dealkylation sites (N-methyl/N-ethyl adjacent to an activating group) is 1. The van der Waals surface area contributed by atoms with Crippen molar-refractivity contribution >= 4 is 17.9 Å². The first-order valence-corrected chi connectivity index (χ1v) is 33.1. The van der Waals surface area contributed by atoms with Crippen molar-refractivity contribution < 1.29 is 42.9 Å². The number of carbonyl (C=O) groups excluding carboxylic acids is 3. The molecular formula is C70H125NO8. The van der Waals surface area contributed by atoms with Gasteiger partial charge in [-0.05, 0) is 64.2 Å². The minimum absolute atomic E-state index is 0.150. The summed E-state index contributed by atoms with van der Waals surface area (Å²) in [5, 5.41) is 11.8. The van der Waals surface area contributed by atoms with Crippen LogP contribution in [0.1, 0.15) is 296 Å². The van der Waals surface area contributed by atoms with Crippen LogP contribution in [0, 0.1) is 0 Å². The second-order valence-corrected chi connectivity index (χ2v) is 23.4. The van der Waals surface area contributed by atoms with Crippen molar-refractivity contribution in [2.45, 2.75) is 309 Å². The predicted octanol–water partition coefficient (Wildman–Crippen LogP) is 18.8. The molecule has 0 spiro atoms. The molecular weight excluding hydrogens is 983 g/mol. The molecule has 0 fully saturated rings. The van der Waals surface area contributed by atoms with Crippen molar-refractivity contribution in [3.05, 3.63) is 72.9 Å². The Morgan fingerprint density at radius 2 is 0.722 bits per heavy atom. The van der Waals surface area contributed by atoms with Gasteiger partial charge in [0.05, 0.1) is 40.3 Å². The number of esters is 2. The zero-order chi connectivity index (χ0) is 57.6. The molecule has 0 heterocycles. The quantitative estimate of drug-likeness (QED) is 0.0195. The van der Waals surface area contributed by atoms with E-state index in [0.29, 0.717) is 23.9 Å². The van der Waals surface area contributed by atoms with Gasteiger partial charge in [-0.15, -0.1) is 0 Å². The molecule has 0 bridgehead atoms. The lowest BCUT2D eigenvalue weighted by molar-refractivity contribution is -0.870. The Labute approximate surface area is 487 Å². The maximum absolute atomic E-state index is 12.9. The Morgan fingerprint density at radius 3 is 1.08 bits per heavy atom. The van der Waals surface area contributed by atoms with Gasteiger partial charge in [0.25, 0.3) is 0 Å². The Hall–Kier alpha value is -3.27. The van der Waals surface area contributed by atoms with Crippen molar-refractivity contribution in [1.29, 1.82) is 0 Å². The van der Waals surface area contributed by atoms with Gasteiger partial charge in [0.1, 0.15) is 13.2 Å². The molecule has 2 unspecified atom stereocenters.